The van der Waals surface area contributed by atoms with Crippen molar-refractivity contribution >= 4 is 15.9 Å². The molecule has 1 saturated heterocycles. The van der Waals surface area contributed by atoms with E-state index in [1.54, 1.807) is 0 Å². The average molecular weight is 298 g/mol. The Morgan fingerprint density at radius 1 is 1.24 bits per heavy atom. The third kappa shape index (κ3) is 3.09. The standard InChI is InChI=1S/C14H20BrNO/c1-9-8-17-14(11(3)16-10(9)2)12-5-4-6-13(15)7-12/h4-7,9-11,14,16H,8H2,1-3H3. The zero-order valence-corrected chi connectivity index (χ0v) is 12.2. The van der Waals surface area contributed by atoms with E-state index in [1.165, 1.54) is 5.56 Å². The van der Waals surface area contributed by atoms with E-state index in [0.29, 0.717) is 18.0 Å². The largest absolute Gasteiger partial charge is 0.372 e. The number of hydrogen-bond donors (Lipinski definition) is 1. The molecule has 0 bridgehead atoms. The monoisotopic (exact) mass is 297 g/mol. The summed E-state index contributed by atoms with van der Waals surface area (Å²) in [5.74, 6) is 0.551. The van der Waals surface area contributed by atoms with Crippen molar-refractivity contribution in [2.45, 2.75) is 39.0 Å². The molecule has 4 atom stereocenters. The maximum atomic E-state index is 6.06. The second-order valence-corrected chi connectivity index (χ2v) is 5.95. The van der Waals surface area contributed by atoms with Crippen LogP contribution < -0.4 is 5.32 Å². The number of ether oxygens (including phenoxy) is 1. The Kier molecular flexibility index (Phi) is 4.23. The molecule has 1 N–H and O–H groups in total. The van der Waals surface area contributed by atoms with E-state index >= 15 is 0 Å². The molecule has 0 amide bonds. The molecule has 1 aromatic carbocycles. The summed E-state index contributed by atoms with van der Waals surface area (Å²) in [7, 11) is 0. The molecule has 17 heavy (non-hydrogen) atoms. The summed E-state index contributed by atoms with van der Waals surface area (Å²) >= 11 is 3.52. The number of rotatable bonds is 1. The fourth-order valence-electron chi connectivity index (χ4n) is 2.28. The van der Waals surface area contributed by atoms with Crippen molar-refractivity contribution in [2.75, 3.05) is 6.61 Å². The fourth-order valence-corrected chi connectivity index (χ4v) is 2.70. The van der Waals surface area contributed by atoms with Gasteiger partial charge in [-0.15, -0.1) is 0 Å². The number of benzene rings is 1. The van der Waals surface area contributed by atoms with Crippen LogP contribution in [0, 0.1) is 5.92 Å². The van der Waals surface area contributed by atoms with Crippen LogP contribution in [0.5, 0.6) is 0 Å². The summed E-state index contributed by atoms with van der Waals surface area (Å²) in [5.41, 5.74) is 1.24. The molecule has 1 aliphatic heterocycles. The molecule has 2 nitrogen and oxygen atoms in total. The van der Waals surface area contributed by atoms with Crippen LogP contribution in [0.1, 0.15) is 32.4 Å². The lowest BCUT2D eigenvalue weighted by Gasteiger charge is -2.24. The molecule has 0 saturated carbocycles. The maximum Gasteiger partial charge on any atom is 0.0975 e. The van der Waals surface area contributed by atoms with Crippen LogP contribution in [-0.2, 0) is 4.74 Å². The number of halogens is 1. The summed E-state index contributed by atoms with van der Waals surface area (Å²) in [6, 6.07) is 9.22. The summed E-state index contributed by atoms with van der Waals surface area (Å²) in [5, 5.41) is 3.62. The highest BCUT2D eigenvalue weighted by Crippen LogP contribution is 2.28. The molecular weight excluding hydrogens is 278 g/mol. The first kappa shape index (κ1) is 13.1. The van der Waals surface area contributed by atoms with Crippen LogP contribution in [0.25, 0.3) is 0 Å². The van der Waals surface area contributed by atoms with Crippen LogP contribution in [0.3, 0.4) is 0 Å². The topological polar surface area (TPSA) is 21.3 Å². The van der Waals surface area contributed by atoms with Gasteiger partial charge in [-0.1, -0.05) is 35.0 Å². The summed E-state index contributed by atoms with van der Waals surface area (Å²) < 4.78 is 7.16. The van der Waals surface area contributed by atoms with Gasteiger partial charge in [-0.05, 0) is 37.5 Å². The van der Waals surface area contributed by atoms with Gasteiger partial charge in [0.1, 0.15) is 0 Å². The highest BCUT2D eigenvalue weighted by Gasteiger charge is 2.28. The van der Waals surface area contributed by atoms with Gasteiger partial charge in [0.25, 0.3) is 0 Å². The molecule has 94 valence electrons. The number of nitrogens with one attached hydrogen (secondary N) is 1. The first-order chi connectivity index (χ1) is 8.08. The molecule has 1 fully saturated rings. The van der Waals surface area contributed by atoms with Crippen molar-refractivity contribution in [3.05, 3.63) is 34.3 Å². The minimum absolute atomic E-state index is 0.139. The molecule has 3 heteroatoms. The van der Waals surface area contributed by atoms with Gasteiger partial charge in [-0.3, -0.25) is 0 Å². The molecule has 1 heterocycles. The molecule has 1 aromatic rings. The third-order valence-electron chi connectivity index (χ3n) is 3.55. The number of hydrogen-bond acceptors (Lipinski definition) is 2. The second kappa shape index (κ2) is 5.51. The smallest absolute Gasteiger partial charge is 0.0975 e. The fraction of sp³-hybridized carbons (Fsp3) is 0.571. The first-order valence-electron chi connectivity index (χ1n) is 6.21. The average Bonchev–Trinajstić information content (AvgIpc) is 2.40. The van der Waals surface area contributed by atoms with Gasteiger partial charge in [-0.2, -0.15) is 0 Å². The Balaban J connectivity index is 2.20. The van der Waals surface area contributed by atoms with Gasteiger partial charge in [0.05, 0.1) is 12.7 Å². The highest BCUT2D eigenvalue weighted by molar-refractivity contribution is 9.10. The Morgan fingerprint density at radius 2 is 2.00 bits per heavy atom. The predicted octanol–water partition coefficient (Wildman–Crippen LogP) is 3.52. The Morgan fingerprint density at radius 3 is 2.71 bits per heavy atom. The minimum Gasteiger partial charge on any atom is -0.372 e. The van der Waals surface area contributed by atoms with Crippen molar-refractivity contribution in [3.63, 3.8) is 0 Å². The van der Waals surface area contributed by atoms with Crippen LogP contribution in [-0.4, -0.2) is 18.7 Å². The van der Waals surface area contributed by atoms with Gasteiger partial charge >= 0.3 is 0 Å². The van der Waals surface area contributed by atoms with Crippen molar-refractivity contribution in [2.24, 2.45) is 5.92 Å². The lowest BCUT2D eigenvalue weighted by Crippen LogP contribution is -2.39. The van der Waals surface area contributed by atoms with Crippen molar-refractivity contribution in [3.8, 4) is 0 Å². The Bertz CT molecular complexity index is 382. The normalized spacial score (nSPS) is 34.4. The Labute approximate surface area is 112 Å². The zero-order chi connectivity index (χ0) is 12.4. The molecular formula is C14H20BrNO. The lowest BCUT2D eigenvalue weighted by molar-refractivity contribution is 0.0329. The van der Waals surface area contributed by atoms with Gasteiger partial charge in [0, 0.05) is 16.6 Å². The molecule has 0 aromatic heterocycles. The van der Waals surface area contributed by atoms with Crippen LogP contribution in [0.2, 0.25) is 0 Å². The van der Waals surface area contributed by atoms with E-state index < -0.39 is 0 Å². The van der Waals surface area contributed by atoms with Crippen LogP contribution in [0.4, 0.5) is 0 Å². The van der Waals surface area contributed by atoms with E-state index in [0.717, 1.165) is 11.1 Å². The molecule has 4 unspecified atom stereocenters. The molecule has 0 radical (unpaired) electrons. The van der Waals surface area contributed by atoms with E-state index in [9.17, 15) is 0 Å². The van der Waals surface area contributed by atoms with Gasteiger partial charge in [0.2, 0.25) is 0 Å². The highest BCUT2D eigenvalue weighted by atomic mass is 79.9. The van der Waals surface area contributed by atoms with Crippen LogP contribution in [0.15, 0.2) is 28.7 Å². The molecule has 0 spiro atoms. The van der Waals surface area contributed by atoms with Crippen LogP contribution >= 0.6 is 15.9 Å². The quantitative estimate of drug-likeness (QED) is 0.856. The predicted molar refractivity (Wildman–Crippen MR) is 74.1 cm³/mol. The summed E-state index contributed by atoms with van der Waals surface area (Å²) in [4.78, 5) is 0. The third-order valence-corrected chi connectivity index (χ3v) is 4.04. The zero-order valence-electron chi connectivity index (χ0n) is 10.6. The maximum absolute atomic E-state index is 6.06. The van der Waals surface area contributed by atoms with E-state index in [4.69, 9.17) is 4.74 Å². The van der Waals surface area contributed by atoms with E-state index in [-0.39, 0.29) is 6.10 Å². The second-order valence-electron chi connectivity index (χ2n) is 5.03. The van der Waals surface area contributed by atoms with Gasteiger partial charge < -0.3 is 10.1 Å². The molecule has 1 aliphatic rings. The van der Waals surface area contributed by atoms with E-state index in [2.05, 4.69) is 60.2 Å². The van der Waals surface area contributed by atoms with Gasteiger partial charge in [0.15, 0.2) is 0 Å². The molecule has 0 aliphatic carbocycles. The SMILES string of the molecule is CC1COC(c2cccc(Br)c2)C(C)NC1C. The molecule has 2 rings (SSSR count). The lowest BCUT2D eigenvalue weighted by atomic mass is 10.0. The summed E-state index contributed by atoms with van der Waals surface area (Å²) in [6.45, 7) is 7.47. The minimum atomic E-state index is 0.139. The van der Waals surface area contributed by atoms with Crippen molar-refractivity contribution < 1.29 is 4.74 Å². The van der Waals surface area contributed by atoms with Crippen molar-refractivity contribution in [1.29, 1.82) is 0 Å². The Hall–Kier alpha value is -0.380. The van der Waals surface area contributed by atoms with Gasteiger partial charge in [-0.25, -0.2) is 0 Å². The van der Waals surface area contributed by atoms with E-state index in [1.807, 2.05) is 6.07 Å². The summed E-state index contributed by atoms with van der Waals surface area (Å²) in [6.07, 6.45) is 0.139. The first-order valence-corrected chi connectivity index (χ1v) is 7.00. The van der Waals surface area contributed by atoms with Crippen molar-refractivity contribution in [1.82, 2.24) is 5.32 Å².